The van der Waals surface area contributed by atoms with Crippen molar-refractivity contribution in [3.05, 3.63) is 104 Å². The third-order valence-corrected chi connectivity index (χ3v) is 9.00. The number of hydroxylamine groups is 1. The molecule has 1 N–H and O–H groups in total. The van der Waals surface area contributed by atoms with Crippen molar-refractivity contribution in [2.75, 3.05) is 19.8 Å². The molecule has 1 aromatic heterocycles. The van der Waals surface area contributed by atoms with Crippen LogP contribution in [0.15, 0.2) is 59.5 Å². The van der Waals surface area contributed by atoms with Gasteiger partial charge in [0.25, 0.3) is 5.56 Å². The predicted octanol–water partition coefficient (Wildman–Crippen LogP) is 4.90. The SMILES string of the molecule is CCONC1C2Cc3cc(=O)n(Cc4ccc5c(c4)C(c4ccccc4C(F)(F)F)CC54COC4)cc3C21. The second kappa shape index (κ2) is 8.53. The largest absolute Gasteiger partial charge is 0.416 e. The van der Waals surface area contributed by atoms with E-state index in [1.54, 1.807) is 22.8 Å². The van der Waals surface area contributed by atoms with E-state index in [0.29, 0.717) is 50.2 Å². The van der Waals surface area contributed by atoms with Crippen molar-refractivity contribution >= 4 is 0 Å². The minimum absolute atomic E-state index is 0.0531. The minimum Gasteiger partial charge on any atom is -0.379 e. The van der Waals surface area contributed by atoms with E-state index in [2.05, 4.69) is 5.48 Å². The minimum atomic E-state index is -4.42. The molecule has 2 aromatic carbocycles. The van der Waals surface area contributed by atoms with Crippen LogP contribution in [0, 0.1) is 5.92 Å². The van der Waals surface area contributed by atoms with Crippen LogP contribution in [0.4, 0.5) is 13.2 Å². The number of benzene rings is 2. The zero-order valence-corrected chi connectivity index (χ0v) is 21.1. The van der Waals surface area contributed by atoms with Crippen LogP contribution in [0.3, 0.4) is 0 Å². The number of halogens is 3. The molecular weight excluding hydrogens is 493 g/mol. The number of nitrogens with one attached hydrogen (secondary N) is 1. The number of alkyl halides is 3. The summed E-state index contributed by atoms with van der Waals surface area (Å²) in [6, 6.07) is 14.0. The Hall–Kier alpha value is -2.94. The number of aromatic nitrogens is 1. The lowest BCUT2D eigenvalue weighted by molar-refractivity contribution is -0.138. The van der Waals surface area contributed by atoms with Gasteiger partial charge in [0, 0.05) is 35.6 Å². The number of hydrogen-bond acceptors (Lipinski definition) is 4. The summed E-state index contributed by atoms with van der Waals surface area (Å²) in [7, 11) is 0. The average Bonchev–Trinajstić information content (AvgIpc) is 3.23. The summed E-state index contributed by atoms with van der Waals surface area (Å²) in [5.74, 6) is 0.438. The highest BCUT2D eigenvalue weighted by Gasteiger charge is 2.56. The molecule has 5 nitrogen and oxygen atoms in total. The highest BCUT2D eigenvalue weighted by molar-refractivity contribution is 5.53. The van der Waals surface area contributed by atoms with Gasteiger partial charge in [-0.05, 0) is 65.1 Å². The van der Waals surface area contributed by atoms with Crippen molar-refractivity contribution < 1.29 is 22.7 Å². The Kier molecular flexibility index (Phi) is 5.42. The van der Waals surface area contributed by atoms with Gasteiger partial charge in [-0.3, -0.25) is 4.79 Å². The molecule has 4 aliphatic rings. The number of fused-ring (bicyclic) bond motifs is 5. The van der Waals surface area contributed by atoms with Crippen molar-refractivity contribution in [1.82, 2.24) is 10.0 Å². The van der Waals surface area contributed by atoms with Gasteiger partial charge in [0.05, 0.1) is 31.9 Å². The zero-order chi connectivity index (χ0) is 26.2. The third-order valence-electron chi connectivity index (χ3n) is 9.00. The molecule has 0 amide bonds. The highest BCUT2D eigenvalue weighted by atomic mass is 19.4. The van der Waals surface area contributed by atoms with E-state index in [4.69, 9.17) is 9.57 Å². The lowest BCUT2D eigenvalue weighted by atomic mass is 9.78. The molecular formula is C30H29F3N2O3. The molecule has 8 heteroatoms. The van der Waals surface area contributed by atoms with E-state index >= 15 is 0 Å². The lowest BCUT2D eigenvalue weighted by Gasteiger charge is -2.39. The smallest absolute Gasteiger partial charge is 0.379 e. The van der Waals surface area contributed by atoms with Crippen LogP contribution in [0.1, 0.15) is 64.1 Å². The predicted molar refractivity (Wildman–Crippen MR) is 135 cm³/mol. The maximum atomic E-state index is 13.9. The Balaban J connectivity index is 1.23. The molecule has 2 fully saturated rings. The van der Waals surface area contributed by atoms with Crippen LogP contribution in [0.5, 0.6) is 0 Å². The summed E-state index contributed by atoms with van der Waals surface area (Å²) in [5.41, 5.74) is 7.77. The van der Waals surface area contributed by atoms with E-state index in [0.717, 1.165) is 28.7 Å². The van der Waals surface area contributed by atoms with Crippen LogP contribution in [-0.2, 0) is 34.1 Å². The van der Waals surface area contributed by atoms with Gasteiger partial charge in [-0.2, -0.15) is 18.7 Å². The van der Waals surface area contributed by atoms with E-state index in [-0.39, 0.29) is 22.9 Å². The van der Waals surface area contributed by atoms with Gasteiger partial charge in [0.1, 0.15) is 0 Å². The molecule has 1 aliphatic heterocycles. The first-order valence-corrected chi connectivity index (χ1v) is 13.3. The first-order valence-electron chi connectivity index (χ1n) is 13.3. The third kappa shape index (κ3) is 3.68. The average molecular weight is 523 g/mol. The second-order valence-corrected chi connectivity index (χ2v) is 11.2. The van der Waals surface area contributed by atoms with Crippen molar-refractivity contribution in [3.8, 4) is 0 Å². The summed E-state index contributed by atoms with van der Waals surface area (Å²) >= 11 is 0. The Morgan fingerprint density at radius 2 is 1.92 bits per heavy atom. The molecule has 4 atom stereocenters. The molecule has 3 aliphatic carbocycles. The van der Waals surface area contributed by atoms with E-state index in [1.807, 2.05) is 31.3 Å². The van der Waals surface area contributed by atoms with Crippen LogP contribution in [0.2, 0.25) is 0 Å². The highest BCUT2D eigenvalue weighted by Crippen LogP contribution is 2.56. The summed E-state index contributed by atoms with van der Waals surface area (Å²) in [5, 5.41) is 0. The summed E-state index contributed by atoms with van der Waals surface area (Å²) in [6.07, 6.45) is -0.979. The molecule has 1 saturated carbocycles. The molecule has 3 aromatic rings. The number of rotatable bonds is 6. The Morgan fingerprint density at radius 1 is 1.11 bits per heavy atom. The molecule has 0 bridgehead atoms. The van der Waals surface area contributed by atoms with Crippen molar-refractivity contribution in [2.45, 2.75) is 55.8 Å². The Morgan fingerprint density at radius 3 is 2.66 bits per heavy atom. The first kappa shape index (κ1) is 24.1. The molecule has 198 valence electrons. The molecule has 0 radical (unpaired) electrons. The fourth-order valence-electron chi connectivity index (χ4n) is 7.12. The van der Waals surface area contributed by atoms with Crippen LogP contribution >= 0.6 is 0 Å². The van der Waals surface area contributed by atoms with E-state index in [1.165, 1.54) is 17.7 Å². The fourth-order valence-corrected chi connectivity index (χ4v) is 7.12. The maximum Gasteiger partial charge on any atom is 0.416 e. The summed E-state index contributed by atoms with van der Waals surface area (Å²) in [4.78, 5) is 18.4. The first-order chi connectivity index (χ1) is 18.3. The van der Waals surface area contributed by atoms with Gasteiger partial charge in [-0.15, -0.1) is 0 Å². The van der Waals surface area contributed by atoms with E-state index in [9.17, 15) is 18.0 Å². The van der Waals surface area contributed by atoms with Gasteiger partial charge in [-0.1, -0.05) is 36.4 Å². The van der Waals surface area contributed by atoms with Crippen molar-refractivity contribution in [1.29, 1.82) is 0 Å². The molecule has 1 spiro atoms. The maximum absolute atomic E-state index is 13.9. The summed E-state index contributed by atoms with van der Waals surface area (Å²) < 4.78 is 49.1. The van der Waals surface area contributed by atoms with Crippen LogP contribution in [0.25, 0.3) is 0 Å². The number of ether oxygens (including phenoxy) is 1. The van der Waals surface area contributed by atoms with Gasteiger partial charge in [0.2, 0.25) is 0 Å². The second-order valence-electron chi connectivity index (χ2n) is 11.2. The molecule has 4 unspecified atom stereocenters. The van der Waals surface area contributed by atoms with Crippen LogP contribution in [-0.4, -0.2) is 30.4 Å². The molecule has 38 heavy (non-hydrogen) atoms. The standard InChI is InChI=1S/C30H29F3N2O3/c1-2-38-34-28-21-10-18-11-26(36)35(14-23(18)27(21)28)13-17-7-8-24-20(9-17)22(12-29(24)15-37-16-29)19-5-3-4-6-25(19)30(31,32)33/h3-9,11,14,21-22,27-28,34H,2,10,12-13,15-16H2,1H3. The molecule has 7 rings (SSSR count). The Labute approximate surface area is 218 Å². The zero-order valence-electron chi connectivity index (χ0n) is 21.1. The van der Waals surface area contributed by atoms with Gasteiger partial charge < -0.3 is 14.1 Å². The number of hydrogen-bond donors (Lipinski definition) is 1. The fraction of sp³-hybridized carbons (Fsp3) is 0.433. The van der Waals surface area contributed by atoms with Gasteiger partial charge in [-0.25, -0.2) is 0 Å². The number of pyridine rings is 1. The van der Waals surface area contributed by atoms with Crippen LogP contribution < -0.4 is 11.0 Å². The van der Waals surface area contributed by atoms with E-state index < -0.39 is 11.7 Å². The Bertz CT molecular complexity index is 1480. The lowest BCUT2D eigenvalue weighted by Crippen LogP contribution is -2.45. The molecule has 1 saturated heterocycles. The van der Waals surface area contributed by atoms with Crippen molar-refractivity contribution in [3.63, 3.8) is 0 Å². The van der Waals surface area contributed by atoms with Crippen molar-refractivity contribution in [2.24, 2.45) is 5.92 Å². The monoisotopic (exact) mass is 522 g/mol. The van der Waals surface area contributed by atoms with Gasteiger partial charge >= 0.3 is 6.18 Å². The van der Waals surface area contributed by atoms with Gasteiger partial charge in [0.15, 0.2) is 0 Å². The quantitative estimate of drug-likeness (QED) is 0.468. The normalized spacial score (nSPS) is 26.1. The summed E-state index contributed by atoms with van der Waals surface area (Å²) in [6.45, 7) is 3.96. The topological polar surface area (TPSA) is 52.5 Å². The molecule has 2 heterocycles. The number of nitrogens with zero attached hydrogens (tertiary/aromatic N) is 1.